The molecule has 1 amide bonds. The van der Waals surface area contributed by atoms with Crippen molar-refractivity contribution in [3.05, 3.63) is 18.2 Å². The van der Waals surface area contributed by atoms with Crippen LogP contribution in [0.5, 0.6) is 0 Å². The number of nitrogens with one attached hydrogen (secondary N) is 1. The lowest BCUT2D eigenvalue weighted by Crippen LogP contribution is -2.44. The summed E-state index contributed by atoms with van der Waals surface area (Å²) in [6.07, 6.45) is 4.45. The first-order chi connectivity index (χ1) is 7.56. The van der Waals surface area contributed by atoms with Gasteiger partial charge in [0.25, 0.3) is 0 Å². The Labute approximate surface area is 96.0 Å². The van der Waals surface area contributed by atoms with E-state index in [4.69, 9.17) is 5.73 Å². The number of amides is 1. The number of nitrogens with zero attached hydrogens (tertiary/aromatic N) is 2. The van der Waals surface area contributed by atoms with E-state index >= 15 is 0 Å². The number of aryl methyl sites for hydroxylation is 1. The van der Waals surface area contributed by atoms with Gasteiger partial charge in [-0.2, -0.15) is 0 Å². The van der Waals surface area contributed by atoms with Gasteiger partial charge in [0.15, 0.2) is 0 Å². The maximum absolute atomic E-state index is 11.7. The van der Waals surface area contributed by atoms with Crippen LogP contribution in [0.2, 0.25) is 0 Å². The van der Waals surface area contributed by atoms with Crippen LogP contribution in [-0.4, -0.2) is 21.5 Å². The summed E-state index contributed by atoms with van der Waals surface area (Å²) in [7, 11) is 1.89. The third-order valence-corrected chi connectivity index (χ3v) is 2.90. The molecule has 0 bridgehead atoms. The molecule has 2 atom stereocenters. The van der Waals surface area contributed by atoms with Gasteiger partial charge in [-0.15, -0.1) is 0 Å². The van der Waals surface area contributed by atoms with E-state index in [-0.39, 0.29) is 11.8 Å². The highest BCUT2D eigenvalue weighted by atomic mass is 16.2. The summed E-state index contributed by atoms with van der Waals surface area (Å²) in [5, 5.41) is 2.79. The fraction of sp³-hybridized carbons (Fsp3) is 0.636. The molecule has 0 saturated carbocycles. The SMILES string of the molecule is CCC(C)[C@H](N)C(=O)NCc1nccn1C. The van der Waals surface area contributed by atoms with E-state index in [0.717, 1.165) is 12.2 Å². The number of hydrogen-bond acceptors (Lipinski definition) is 3. The molecule has 0 aliphatic rings. The number of carbonyl (C=O) groups excluding carboxylic acids is 1. The molecule has 3 N–H and O–H groups in total. The molecule has 90 valence electrons. The lowest BCUT2D eigenvalue weighted by molar-refractivity contribution is -0.123. The van der Waals surface area contributed by atoms with Crippen LogP contribution in [0.15, 0.2) is 12.4 Å². The van der Waals surface area contributed by atoms with Crippen molar-refractivity contribution < 1.29 is 4.79 Å². The highest BCUT2D eigenvalue weighted by Gasteiger charge is 2.19. The molecule has 5 heteroatoms. The predicted molar refractivity (Wildman–Crippen MR) is 62.5 cm³/mol. The van der Waals surface area contributed by atoms with Crippen LogP contribution in [-0.2, 0) is 18.4 Å². The molecule has 16 heavy (non-hydrogen) atoms. The Morgan fingerprint density at radius 1 is 1.69 bits per heavy atom. The second kappa shape index (κ2) is 5.65. The van der Waals surface area contributed by atoms with Gasteiger partial charge in [0.1, 0.15) is 5.82 Å². The van der Waals surface area contributed by atoms with Crippen molar-refractivity contribution in [2.75, 3.05) is 0 Å². The lowest BCUT2D eigenvalue weighted by atomic mass is 9.99. The minimum atomic E-state index is -0.440. The maximum Gasteiger partial charge on any atom is 0.237 e. The molecule has 5 nitrogen and oxygen atoms in total. The van der Waals surface area contributed by atoms with Gasteiger partial charge < -0.3 is 15.6 Å². The Morgan fingerprint density at radius 3 is 2.88 bits per heavy atom. The highest BCUT2D eigenvalue weighted by molar-refractivity contribution is 5.81. The molecule has 0 aliphatic carbocycles. The van der Waals surface area contributed by atoms with Crippen molar-refractivity contribution in [2.45, 2.75) is 32.9 Å². The van der Waals surface area contributed by atoms with Crippen LogP contribution in [0.25, 0.3) is 0 Å². The normalized spacial score (nSPS) is 14.5. The molecule has 1 unspecified atom stereocenters. The summed E-state index contributed by atoms with van der Waals surface area (Å²) in [5.74, 6) is 0.906. The zero-order chi connectivity index (χ0) is 12.1. The van der Waals surface area contributed by atoms with Crippen LogP contribution >= 0.6 is 0 Å². The number of hydrogen-bond donors (Lipinski definition) is 2. The molecule has 1 rings (SSSR count). The van der Waals surface area contributed by atoms with Gasteiger partial charge in [-0.05, 0) is 5.92 Å². The summed E-state index contributed by atoms with van der Waals surface area (Å²) >= 11 is 0. The van der Waals surface area contributed by atoms with Crippen molar-refractivity contribution in [2.24, 2.45) is 18.7 Å². The minimum Gasteiger partial charge on any atom is -0.348 e. The van der Waals surface area contributed by atoms with E-state index in [1.165, 1.54) is 0 Å². The largest absolute Gasteiger partial charge is 0.348 e. The van der Waals surface area contributed by atoms with Gasteiger partial charge in [-0.1, -0.05) is 20.3 Å². The number of imidazole rings is 1. The molecule has 1 aromatic heterocycles. The van der Waals surface area contributed by atoms with Crippen molar-refractivity contribution in [1.29, 1.82) is 0 Å². The minimum absolute atomic E-state index is 0.114. The van der Waals surface area contributed by atoms with Gasteiger partial charge in [0.2, 0.25) is 5.91 Å². The molecule has 0 radical (unpaired) electrons. The summed E-state index contributed by atoms with van der Waals surface area (Å²) < 4.78 is 1.87. The second-order valence-corrected chi connectivity index (χ2v) is 4.08. The van der Waals surface area contributed by atoms with Crippen molar-refractivity contribution >= 4 is 5.91 Å². The molecular weight excluding hydrogens is 204 g/mol. The average Bonchev–Trinajstić information content (AvgIpc) is 2.69. The summed E-state index contributed by atoms with van der Waals surface area (Å²) in [6, 6.07) is -0.440. The Hall–Kier alpha value is -1.36. The Morgan fingerprint density at radius 2 is 2.38 bits per heavy atom. The average molecular weight is 224 g/mol. The van der Waals surface area contributed by atoms with Gasteiger partial charge in [0, 0.05) is 19.4 Å². The van der Waals surface area contributed by atoms with Crippen LogP contribution in [0.1, 0.15) is 26.1 Å². The third kappa shape index (κ3) is 3.06. The lowest BCUT2D eigenvalue weighted by Gasteiger charge is -2.17. The monoisotopic (exact) mass is 224 g/mol. The maximum atomic E-state index is 11.7. The number of rotatable bonds is 5. The Kier molecular flexibility index (Phi) is 4.49. The standard InChI is InChI=1S/C11H20N4O/c1-4-8(2)10(12)11(16)14-7-9-13-5-6-15(9)3/h5-6,8,10H,4,7,12H2,1-3H3,(H,14,16)/t8?,10-/m0/s1. The Balaban J connectivity index is 2.44. The van der Waals surface area contributed by atoms with Gasteiger partial charge >= 0.3 is 0 Å². The topological polar surface area (TPSA) is 72.9 Å². The predicted octanol–water partition coefficient (Wildman–Crippen LogP) is 0.410. The summed E-state index contributed by atoms with van der Waals surface area (Å²) in [5.41, 5.74) is 5.81. The first-order valence-corrected chi connectivity index (χ1v) is 5.55. The highest BCUT2D eigenvalue weighted by Crippen LogP contribution is 2.05. The van der Waals surface area contributed by atoms with E-state index < -0.39 is 6.04 Å². The fourth-order valence-corrected chi connectivity index (χ4v) is 1.36. The van der Waals surface area contributed by atoms with Crippen LogP contribution in [0.3, 0.4) is 0 Å². The molecule has 1 aromatic rings. The smallest absolute Gasteiger partial charge is 0.237 e. The first-order valence-electron chi connectivity index (χ1n) is 5.55. The summed E-state index contributed by atoms with van der Waals surface area (Å²) in [4.78, 5) is 15.8. The third-order valence-electron chi connectivity index (χ3n) is 2.90. The van der Waals surface area contributed by atoms with E-state index in [2.05, 4.69) is 10.3 Å². The van der Waals surface area contributed by atoms with Crippen LogP contribution < -0.4 is 11.1 Å². The molecule has 0 aliphatic heterocycles. The van der Waals surface area contributed by atoms with E-state index in [1.54, 1.807) is 6.20 Å². The zero-order valence-corrected chi connectivity index (χ0v) is 10.1. The molecule has 1 heterocycles. The molecule has 0 fully saturated rings. The number of carbonyl (C=O) groups is 1. The van der Waals surface area contributed by atoms with Crippen molar-refractivity contribution in [1.82, 2.24) is 14.9 Å². The quantitative estimate of drug-likeness (QED) is 0.761. The fourth-order valence-electron chi connectivity index (χ4n) is 1.36. The van der Waals surface area contributed by atoms with Crippen molar-refractivity contribution in [3.8, 4) is 0 Å². The van der Waals surface area contributed by atoms with Crippen LogP contribution in [0.4, 0.5) is 0 Å². The first kappa shape index (κ1) is 12.7. The van der Waals surface area contributed by atoms with E-state index in [1.807, 2.05) is 31.7 Å². The van der Waals surface area contributed by atoms with Gasteiger partial charge in [0.05, 0.1) is 12.6 Å². The number of nitrogens with two attached hydrogens (primary N) is 1. The van der Waals surface area contributed by atoms with Gasteiger partial charge in [-0.3, -0.25) is 4.79 Å². The second-order valence-electron chi connectivity index (χ2n) is 4.08. The zero-order valence-electron chi connectivity index (χ0n) is 10.1. The van der Waals surface area contributed by atoms with Crippen LogP contribution in [0, 0.1) is 5.92 Å². The van der Waals surface area contributed by atoms with Crippen molar-refractivity contribution in [3.63, 3.8) is 0 Å². The summed E-state index contributed by atoms with van der Waals surface area (Å²) in [6.45, 7) is 4.42. The van der Waals surface area contributed by atoms with E-state index in [0.29, 0.717) is 6.54 Å². The molecule has 0 spiro atoms. The van der Waals surface area contributed by atoms with E-state index in [9.17, 15) is 4.79 Å². The van der Waals surface area contributed by atoms with Gasteiger partial charge in [-0.25, -0.2) is 4.98 Å². The molecule has 0 saturated heterocycles. The molecule has 0 aromatic carbocycles. The molecular formula is C11H20N4O. The number of aromatic nitrogens is 2. The Bertz CT molecular complexity index is 348.